The molecule has 0 aliphatic carbocycles. The summed E-state index contributed by atoms with van der Waals surface area (Å²) >= 11 is 1.55. The first-order valence-corrected chi connectivity index (χ1v) is 4.13. The number of carbonyl (C=O) groups excluding carboxylic acids is 1. The van der Waals surface area contributed by atoms with Crippen LogP contribution < -0.4 is 4.74 Å². The van der Waals surface area contributed by atoms with Crippen molar-refractivity contribution in [2.45, 2.75) is 0 Å². The Balaban J connectivity index is 2.84. The van der Waals surface area contributed by atoms with Gasteiger partial charge in [0.15, 0.2) is 23.0 Å². The van der Waals surface area contributed by atoms with Crippen LogP contribution in [-0.2, 0) is 3.07 Å². The Kier molecular flexibility index (Phi) is 3.33. The van der Waals surface area contributed by atoms with Gasteiger partial charge in [-0.1, -0.05) is 0 Å². The third kappa shape index (κ3) is 2.10. The first-order chi connectivity index (χ1) is 5.77. The summed E-state index contributed by atoms with van der Waals surface area (Å²) < 4.78 is 9.43. The molecule has 0 heterocycles. The quantitative estimate of drug-likeness (QED) is 0.778. The molecule has 0 bridgehead atoms. The number of hydrogen-bond acceptors (Lipinski definition) is 3. The highest BCUT2D eigenvalue weighted by atomic mass is 127. The number of halogens is 1. The Bertz CT molecular complexity index is 268. The Labute approximate surface area is 84.4 Å². The lowest BCUT2D eigenvalue weighted by Gasteiger charge is -1.99. The van der Waals surface area contributed by atoms with Crippen LogP contribution in [0, 0.1) is 0 Å². The smallest absolute Gasteiger partial charge is 0.347 e. The Hall–Kier alpha value is -0.780. The van der Waals surface area contributed by atoms with Crippen LogP contribution in [0.25, 0.3) is 0 Å². The maximum absolute atomic E-state index is 10.9. The second-order valence-corrected chi connectivity index (χ2v) is 2.53. The highest BCUT2D eigenvalue weighted by molar-refractivity contribution is 14.1. The number of ether oxygens (including phenoxy) is 1. The minimum absolute atomic E-state index is 0.349. The number of benzene rings is 1. The van der Waals surface area contributed by atoms with E-state index in [9.17, 15) is 4.79 Å². The Morgan fingerprint density at radius 1 is 1.33 bits per heavy atom. The molecular weight excluding hydrogens is 271 g/mol. The highest BCUT2D eigenvalue weighted by Crippen LogP contribution is 2.12. The molecule has 1 aromatic rings. The molecule has 1 aromatic carbocycles. The van der Waals surface area contributed by atoms with Crippen molar-refractivity contribution in [2.24, 2.45) is 0 Å². The zero-order valence-corrected chi connectivity index (χ0v) is 8.57. The van der Waals surface area contributed by atoms with Crippen LogP contribution in [0.4, 0.5) is 0 Å². The molecule has 0 aromatic heterocycles. The molecule has 0 fully saturated rings. The van der Waals surface area contributed by atoms with Gasteiger partial charge >= 0.3 is 5.97 Å². The number of hydrogen-bond donors (Lipinski definition) is 0. The fourth-order valence-corrected chi connectivity index (χ4v) is 1.03. The molecule has 0 amide bonds. The molecule has 0 atom stereocenters. The van der Waals surface area contributed by atoms with Gasteiger partial charge in [-0.25, -0.2) is 4.79 Å². The van der Waals surface area contributed by atoms with Gasteiger partial charge < -0.3 is 7.80 Å². The summed E-state index contributed by atoms with van der Waals surface area (Å²) in [6.07, 6.45) is 0. The predicted molar refractivity (Wildman–Crippen MR) is 52.4 cm³/mol. The fourth-order valence-electron chi connectivity index (χ4n) is 0.772. The summed E-state index contributed by atoms with van der Waals surface area (Å²) in [5, 5.41) is 0. The normalized spacial score (nSPS) is 9.17. The minimum atomic E-state index is -0.349. The van der Waals surface area contributed by atoms with Gasteiger partial charge in [0.1, 0.15) is 5.75 Å². The number of carbonyl (C=O) groups is 1. The van der Waals surface area contributed by atoms with Gasteiger partial charge in [-0.05, 0) is 24.3 Å². The molecule has 0 radical (unpaired) electrons. The zero-order valence-electron chi connectivity index (χ0n) is 6.41. The summed E-state index contributed by atoms with van der Waals surface area (Å²) in [7, 11) is 1.58. The van der Waals surface area contributed by atoms with Gasteiger partial charge in [-0.15, -0.1) is 0 Å². The van der Waals surface area contributed by atoms with E-state index in [0.29, 0.717) is 5.56 Å². The first kappa shape index (κ1) is 9.31. The molecular formula is C8H7IO3. The molecule has 0 saturated heterocycles. The maximum Gasteiger partial charge on any atom is 0.347 e. The maximum atomic E-state index is 10.9. The van der Waals surface area contributed by atoms with Gasteiger partial charge in [-0.2, -0.15) is 0 Å². The van der Waals surface area contributed by atoms with Gasteiger partial charge in [0.05, 0.1) is 12.7 Å². The van der Waals surface area contributed by atoms with Crippen molar-refractivity contribution in [3.05, 3.63) is 29.8 Å². The SMILES string of the molecule is COc1ccc(C(=O)OI)cc1. The van der Waals surface area contributed by atoms with Crippen LogP contribution in [0.2, 0.25) is 0 Å². The predicted octanol–water partition coefficient (Wildman–Crippen LogP) is 2.20. The molecule has 0 unspecified atom stereocenters. The third-order valence-electron chi connectivity index (χ3n) is 1.40. The lowest BCUT2D eigenvalue weighted by molar-refractivity contribution is 0.0800. The summed E-state index contributed by atoms with van der Waals surface area (Å²) in [6, 6.07) is 6.73. The van der Waals surface area contributed by atoms with E-state index >= 15 is 0 Å². The second kappa shape index (κ2) is 4.30. The van der Waals surface area contributed by atoms with Crippen molar-refractivity contribution in [3.8, 4) is 5.75 Å². The molecule has 3 nitrogen and oxygen atoms in total. The molecule has 1 rings (SSSR count). The zero-order chi connectivity index (χ0) is 8.97. The highest BCUT2D eigenvalue weighted by Gasteiger charge is 2.04. The standard InChI is InChI=1S/C8H7IO3/c1-11-7-4-2-6(3-5-7)8(10)12-9/h2-5H,1H3. The van der Waals surface area contributed by atoms with Crippen molar-refractivity contribution in [1.29, 1.82) is 0 Å². The van der Waals surface area contributed by atoms with Gasteiger partial charge in [0.2, 0.25) is 0 Å². The van der Waals surface area contributed by atoms with Crippen molar-refractivity contribution in [2.75, 3.05) is 7.11 Å². The number of methoxy groups -OCH3 is 1. The average Bonchev–Trinajstić information content (AvgIpc) is 2.17. The molecule has 0 N–H and O–H groups in total. The lowest BCUT2D eigenvalue weighted by atomic mass is 10.2. The van der Waals surface area contributed by atoms with Crippen LogP contribution >= 0.6 is 23.0 Å². The van der Waals surface area contributed by atoms with Gasteiger partial charge in [0.25, 0.3) is 0 Å². The van der Waals surface area contributed by atoms with Crippen molar-refractivity contribution in [3.63, 3.8) is 0 Å². The molecule has 0 saturated carbocycles. The molecule has 64 valence electrons. The van der Waals surface area contributed by atoms with Crippen molar-refractivity contribution in [1.82, 2.24) is 0 Å². The van der Waals surface area contributed by atoms with Gasteiger partial charge in [-0.3, -0.25) is 0 Å². The molecule has 12 heavy (non-hydrogen) atoms. The second-order valence-electron chi connectivity index (χ2n) is 2.09. The monoisotopic (exact) mass is 278 g/mol. The summed E-state index contributed by atoms with van der Waals surface area (Å²) in [4.78, 5) is 10.9. The first-order valence-electron chi connectivity index (χ1n) is 3.25. The van der Waals surface area contributed by atoms with E-state index in [1.165, 1.54) is 0 Å². The van der Waals surface area contributed by atoms with E-state index < -0.39 is 0 Å². The minimum Gasteiger partial charge on any atom is -0.497 e. The fraction of sp³-hybridized carbons (Fsp3) is 0.125. The van der Waals surface area contributed by atoms with Crippen LogP contribution in [0.3, 0.4) is 0 Å². The van der Waals surface area contributed by atoms with Crippen LogP contribution in [-0.4, -0.2) is 13.1 Å². The molecule has 0 aliphatic heterocycles. The van der Waals surface area contributed by atoms with Crippen LogP contribution in [0.15, 0.2) is 24.3 Å². The van der Waals surface area contributed by atoms with E-state index in [0.717, 1.165) is 5.75 Å². The van der Waals surface area contributed by atoms with E-state index in [4.69, 9.17) is 4.74 Å². The number of rotatable bonds is 2. The molecule has 0 aliphatic rings. The van der Waals surface area contributed by atoms with Gasteiger partial charge in [0, 0.05) is 0 Å². The summed E-state index contributed by atoms with van der Waals surface area (Å²) in [5.74, 6) is 0.373. The lowest BCUT2D eigenvalue weighted by Crippen LogP contribution is -1.96. The molecule has 4 heteroatoms. The topological polar surface area (TPSA) is 35.5 Å². The summed E-state index contributed by atoms with van der Waals surface area (Å²) in [6.45, 7) is 0. The van der Waals surface area contributed by atoms with E-state index in [1.54, 1.807) is 54.4 Å². The van der Waals surface area contributed by atoms with Crippen molar-refractivity contribution < 1.29 is 12.6 Å². The Morgan fingerprint density at radius 3 is 2.33 bits per heavy atom. The molecule has 0 spiro atoms. The summed E-state index contributed by atoms with van der Waals surface area (Å²) in [5.41, 5.74) is 0.519. The van der Waals surface area contributed by atoms with E-state index in [2.05, 4.69) is 3.07 Å². The third-order valence-corrected chi connectivity index (χ3v) is 1.80. The average molecular weight is 278 g/mol. The van der Waals surface area contributed by atoms with Crippen molar-refractivity contribution >= 4 is 29.0 Å². The van der Waals surface area contributed by atoms with Crippen LogP contribution in [0.5, 0.6) is 5.75 Å². The van der Waals surface area contributed by atoms with E-state index in [-0.39, 0.29) is 5.97 Å². The van der Waals surface area contributed by atoms with Crippen LogP contribution in [0.1, 0.15) is 10.4 Å². The van der Waals surface area contributed by atoms with E-state index in [1.807, 2.05) is 0 Å². The Morgan fingerprint density at radius 2 is 1.92 bits per heavy atom. The largest absolute Gasteiger partial charge is 0.497 e.